The highest BCUT2D eigenvalue weighted by Crippen LogP contribution is 2.29. The van der Waals surface area contributed by atoms with Crippen molar-refractivity contribution in [3.8, 4) is 11.8 Å². The number of carbonyl (C=O) groups excluding carboxylic acids is 1. The Balaban J connectivity index is 2.12. The second-order valence-corrected chi connectivity index (χ2v) is 7.29. The molecule has 0 fully saturated rings. The van der Waals surface area contributed by atoms with Crippen LogP contribution in [-0.2, 0) is 6.42 Å². The molecule has 0 bridgehead atoms. The molecule has 1 aromatic carbocycles. The van der Waals surface area contributed by atoms with Crippen LogP contribution in [0.2, 0.25) is 0 Å². The number of nitrogens with two attached hydrogens (primary N) is 1. The van der Waals surface area contributed by atoms with E-state index in [-0.39, 0.29) is 5.82 Å². The Hall–Kier alpha value is -1.88. The maximum Gasteiger partial charge on any atom is 0.339 e. The largest absolute Gasteiger partial charge is 0.350 e. The smallest absolute Gasteiger partial charge is 0.339 e. The number of nitrogens with zero attached hydrogens (tertiary/aromatic N) is 1. The zero-order valence-corrected chi connectivity index (χ0v) is 14.6. The SMILES string of the molecule is CC(C#Cc1cc(Cc2ccc(F)cc2)sc1Br)N(O)C(N)=O. The topological polar surface area (TPSA) is 66.6 Å². The summed E-state index contributed by atoms with van der Waals surface area (Å²) in [6.07, 6.45) is 0.675. The van der Waals surface area contributed by atoms with Crippen molar-refractivity contribution in [3.63, 3.8) is 0 Å². The zero-order chi connectivity index (χ0) is 17.0. The van der Waals surface area contributed by atoms with Crippen molar-refractivity contribution in [3.05, 3.63) is 55.9 Å². The van der Waals surface area contributed by atoms with Crippen molar-refractivity contribution < 1.29 is 14.4 Å². The van der Waals surface area contributed by atoms with Crippen molar-refractivity contribution in [2.45, 2.75) is 19.4 Å². The van der Waals surface area contributed by atoms with Crippen molar-refractivity contribution in [1.29, 1.82) is 0 Å². The molecule has 2 aromatic rings. The molecule has 2 rings (SSSR count). The molecule has 0 aliphatic carbocycles. The summed E-state index contributed by atoms with van der Waals surface area (Å²) in [5, 5.41) is 9.76. The maximum absolute atomic E-state index is 12.9. The minimum absolute atomic E-state index is 0.260. The first-order valence-electron chi connectivity index (χ1n) is 6.68. The maximum atomic E-state index is 12.9. The van der Waals surface area contributed by atoms with Gasteiger partial charge in [-0.15, -0.1) is 11.3 Å². The van der Waals surface area contributed by atoms with E-state index in [1.807, 2.05) is 6.07 Å². The van der Waals surface area contributed by atoms with E-state index < -0.39 is 12.1 Å². The Bertz CT molecular complexity index is 765. The first-order valence-corrected chi connectivity index (χ1v) is 8.29. The summed E-state index contributed by atoms with van der Waals surface area (Å²) in [5.41, 5.74) is 6.74. The number of urea groups is 1. The number of primary amides is 1. The molecule has 1 aromatic heterocycles. The second-order valence-electron chi connectivity index (χ2n) is 4.83. The van der Waals surface area contributed by atoms with Gasteiger partial charge in [-0.2, -0.15) is 5.06 Å². The lowest BCUT2D eigenvalue weighted by Crippen LogP contribution is -2.38. The number of hydrogen-bond donors (Lipinski definition) is 2. The number of halogens is 2. The van der Waals surface area contributed by atoms with Crippen LogP contribution in [0.5, 0.6) is 0 Å². The summed E-state index contributed by atoms with van der Waals surface area (Å²) in [5.74, 6) is 5.41. The van der Waals surface area contributed by atoms with E-state index in [0.29, 0.717) is 11.5 Å². The molecular weight excluding hydrogens is 383 g/mol. The predicted molar refractivity (Wildman–Crippen MR) is 90.8 cm³/mol. The van der Waals surface area contributed by atoms with Gasteiger partial charge < -0.3 is 5.73 Å². The number of hydroxylamine groups is 2. The fourth-order valence-corrected chi connectivity index (χ4v) is 3.53. The second kappa shape index (κ2) is 7.59. The number of amides is 2. The average Bonchev–Trinajstić information content (AvgIpc) is 2.86. The van der Waals surface area contributed by atoms with Crippen LogP contribution in [0.4, 0.5) is 9.18 Å². The molecular formula is C16H14BrFN2O2S. The van der Waals surface area contributed by atoms with Crippen LogP contribution < -0.4 is 5.73 Å². The monoisotopic (exact) mass is 396 g/mol. The number of benzene rings is 1. The molecule has 4 nitrogen and oxygen atoms in total. The van der Waals surface area contributed by atoms with Gasteiger partial charge in [0, 0.05) is 16.9 Å². The van der Waals surface area contributed by atoms with Crippen LogP contribution in [0.3, 0.4) is 0 Å². The number of rotatable bonds is 3. The third-order valence-electron chi connectivity index (χ3n) is 3.04. The molecule has 1 heterocycles. The lowest BCUT2D eigenvalue weighted by atomic mass is 10.1. The number of thiophene rings is 1. The average molecular weight is 397 g/mol. The van der Waals surface area contributed by atoms with E-state index in [9.17, 15) is 14.4 Å². The Morgan fingerprint density at radius 2 is 2.13 bits per heavy atom. The predicted octanol–water partition coefficient (Wildman–Crippen LogP) is 3.75. The lowest BCUT2D eigenvalue weighted by Gasteiger charge is -2.14. The van der Waals surface area contributed by atoms with Crippen molar-refractivity contribution in [2.24, 2.45) is 5.73 Å². The highest BCUT2D eigenvalue weighted by Gasteiger charge is 2.12. The minimum atomic E-state index is -0.951. The van der Waals surface area contributed by atoms with E-state index in [1.165, 1.54) is 23.5 Å². The molecule has 3 N–H and O–H groups in total. The van der Waals surface area contributed by atoms with Gasteiger partial charge in [-0.3, -0.25) is 5.21 Å². The number of carbonyl (C=O) groups is 1. The van der Waals surface area contributed by atoms with Crippen molar-refractivity contribution in [2.75, 3.05) is 0 Å². The molecule has 0 aliphatic rings. The molecule has 0 spiro atoms. The first-order chi connectivity index (χ1) is 10.9. The van der Waals surface area contributed by atoms with E-state index in [2.05, 4.69) is 27.8 Å². The highest BCUT2D eigenvalue weighted by atomic mass is 79.9. The number of hydrogen-bond acceptors (Lipinski definition) is 3. The van der Waals surface area contributed by atoms with Crippen molar-refractivity contribution in [1.82, 2.24) is 5.06 Å². The molecule has 0 saturated heterocycles. The molecule has 0 radical (unpaired) electrons. The molecule has 0 aliphatic heterocycles. The van der Waals surface area contributed by atoms with Gasteiger partial charge in [0.05, 0.1) is 3.79 Å². The lowest BCUT2D eigenvalue weighted by molar-refractivity contribution is -0.0536. The first kappa shape index (κ1) is 17.5. The van der Waals surface area contributed by atoms with E-state index in [1.54, 1.807) is 19.1 Å². The highest BCUT2D eigenvalue weighted by molar-refractivity contribution is 9.11. The Labute approximate surface area is 145 Å². The quantitative estimate of drug-likeness (QED) is 0.471. The van der Waals surface area contributed by atoms with Gasteiger partial charge in [-0.25, -0.2) is 9.18 Å². The third kappa shape index (κ3) is 4.79. The van der Waals surface area contributed by atoms with Gasteiger partial charge in [0.15, 0.2) is 0 Å². The Kier molecular flexibility index (Phi) is 5.77. The minimum Gasteiger partial charge on any atom is -0.350 e. The molecule has 23 heavy (non-hydrogen) atoms. The summed E-state index contributed by atoms with van der Waals surface area (Å²) in [6, 6.07) is 6.61. The Morgan fingerprint density at radius 1 is 1.48 bits per heavy atom. The van der Waals surface area contributed by atoms with Gasteiger partial charge in [0.25, 0.3) is 0 Å². The normalized spacial score (nSPS) is 11.5. The summed E-state index contributed by atoms with van der Waals surface area (Å²) < 4.78 is 13.8. The van der Waals surface area contributed by atoms with Gasteiger partial charge in [-0.05, 0) is 46.6 Å². The van der Waals surface area contributed by atoms with Crippen LogP contribution in [0, 0.1) is 17.7 Å². The summed E-state index contributed by atoms with van der Waals surface area (Å²) in [4.78, 5) is 11.9. The van der Waals surface area contributed by atoms with Crippen LogP contribution in [0.1, 0.15) is 22.9 Å². The van der Waals surface area contributed by atoms with E-state index in [0.717, 1.165) is 19.8 Å². The van der Waals surface area contributed by atoms with Crippen LogP contribution in [0.15, 0.2) is 34.1 Å². The summed E-state index contributed by atoms with van der Waals surface area (Å²) >= 11 is 4.98. The van der Waals surface area contributed by atoms with Gasteiger partial charge in [0.1, 0.15) is 11.9 Å². The molecule has 1 atom stereocenters. The van der Waals surface area contributed by atoms with Gasteiger partial charge in [-0.1, -0.05) is 24.0 Å². The molecule has 1 unspecified atom stereocenters. The molecule has 120 valence electrons. The van der Waals surface area contributed by atoms with Crippen LogP contribution in [0.25, 0.3) is 0 Å². The third-order valence-corrected chi connectivity index (χ3v) is 4.87. The fraction of sp³-hybridized carbons (Fsp3) is 0.188. The summed E-state index contributed by atoms with van der Waals surface area (Å²) in [7, 11) is 0. The van der Waals surface area contributed by atoms with Gasteiger partial charge in [0.2, 0.25) is 0 Å². The van der Waals surface area contributed by atoms with Gasteiger partial charge >= 0.3 is 6.03 Å². The molecule has 2 amide bonds. The van der Waals surface area contributed by atoms with E-state index in [4.69, 9.17) is 5.73 Å². The van der Waals surface area contributed by atoms with E-state index >= 15 is 0 Å². The zero-order valence-electron chi connectivity index (χ0n) is 12.2. The standard InChI is InChI=1S/C16H14BrFN2O2S/c1-10(20(22)16(19)21)2-5-12-9-14(23-15(12)17)8-11-3-6-13(18)7-4-11/h3-4,6-7,9-10,22H,8H2,1H3,(H2,19,21). The summed E-state index contributed by atoms with van der Waals surface area (Å²) in [6.45, 7) is 1.57. The van der Waals surface area contributed by atoms with Crippen molar-refractivity contribution >= 4 is 33.3 Å². The van der Waals surface area contributed by atoms with Crippen LogP contribution in [-0.4, -0.2) is 22.3 Å². The van der Waals surface area contributed by atoms with Crippen LogP contribution >= 0.6 is 27.3 Å². The fourth-order valence-electron chi connectivity index (χ4n) is 1.83. The Morgan fingerprint density at radius 3 is 2.74 bits per heavy atom. The molecule has 7 heteroatoms. The molecule has 0 saturated carbocycles.